The fourth-order valence-corrected chi connectivity index (χ4v) is 2.36. The van der Waals surface area contributed by atoms with Gasteiger partial charge in [-0.15, -0.1) is 0 Å². The minimum atomic E-state index is 1.03. The van der Waals surface area contributed by atoms with Crippen LogP contribution in [0.3, 0.4) is 0 Å². The smallest absolute Gasteiger partial charge is 0.0922 e. The first-order valence-corrected chi connectivity index (χ1v) is 5.81. The van der Waals surface area contributed by atoms with Crippen molar-refractivity contribution in [2.24, 2.45) is 0 Å². The summed E-state index contributed by atoms with van der Waals surface area (Å²) in [5.74, 6) is 0. The van der Waals surface area contributed by atoms with Crippen LogP contribution in [0.2, 0.25) is 0 Å². The molecule has 0 aromatic carbocycles. The summed E-state index contributed by atoms with van der Waals surface area (Å²) in [5.41, 5.74) is 4.75. The molecule has 1 aliphatic carbocycles. The number of hydrogen-bond donors (Lipinski definition) is 1. The molecule has 0 radical (unpaired) electrons. The van der Waals surface area contributed by atoms with Gasteiger partial charge in [-0.05, 0) is 25.7 Å². The highest BCUT2D eigenvalue weighted by atomic mass is 15.1. The van der Waals surface area contributed by atoms with Gasteiger partial charge in [0.05, 0.1) is 6.33 Å². The Morgan fingerprint density at radius 3 is 2.47 bits per heavy atom. The standard InChI is InChI=1S/C12H17N3/c1-2-10(1)11-3-5-15(6-4-11)8-12-7-13-9-14-12/h7,9H,1-6,8H2,(H,13,14). The van der Waals surface area contributed by atoms with Crippen molar-refractivity contribution in [2.45, 2.75) is 32.2 Å². The number of H-pyrrole nitrogens is 1. The number of imidazole rings is 1. The monoisotopic (exact) mass is 203 g/mol. The van der Waals surface area contributed by atoms with Gasteiger partial charge in [0.2, 0.25) is 0 Å². The van der Waals surface area contributed by atoms with E-state index in [1.165, 1.54) is 44.5 Å². The van der Waals surface area contributed by atoms with Crippen molar-refractivity contribution in [1.29, 1.82) is 0 Å². The van der Waals surface area contributed by atoms with E-state index in [0.29, 0.717) is 0 Å². The maximum Gasteiger partial charge on any atom is 0.0922 e. The molecule has 1 saturated carbocycles. The summed E-state index contributed by atoms with van der Waals surface area (Å²) >= 11 is 0. The van der Waals surface area contributed by atoms with Crippen LogP contribution in [0, 0.1) is 0 Å². The summed E-state index contributed by atoms with van der Waals surface area (Å²) < 4.78 is 0. The summed E-state index contributed by atoms with van der Waals surface area (Å²) in [6, 6.07) is 0. The Bertz CT molecular complexity index is 348. The Hall–Kier alpha value is -1.09. The lowest BCUT2D eigenvalue weighted by Gasteiger charge is -2.27. The highest BCUT2D eigenvalue weighted by molar-refractivity contribution is 5.26. The quantitative estimate of drug-likeness (QED) is 0.746. The first kappa shape index (κ1) is 9.16. The summed E-state index contributed by atoms with van der Waals surface area (Å²) in [4.78, 5) is 9.73. The molecule has 2 fully saturated rings. The van der Waals surface area contributed by atoms with Crippen LogP contribution < -0.4 is 0 Å². The Morgan fingerprint density at radius 2 is 1.87 bits per heavy atom. The van der Waals surface area contributed by atoms with E-state index < -0.39 is 0 Å². The van der Waals surface area contributed by atoms with Gasteiger partial charge in [0.15, 0.2) is 0 Å². The number of hydrogen-bond acceptors (Lipinski definition) is 2. The molecule has 1 aromatic rings. The zero-order valence-corrected chi connectivity index (χ0v) is 9.00. The van der Waals surface area contributed by atoms with Crippen LogP contribution in [0.5, 0.6) is 0 Å². The largest absolute Gasteiger partial charge is 0.347 e. The second-order valence-electron chi connectivity index (χ2n) is 4.56. The number of aromatic nitrogens is 2. The minimum Gasteiger partial charge on any atom is -0.347 e. The Labute approximate surface area is 90.2 Å². The summed E-state index contributed by atoms with van der Waals surface area (Å²) in [5, 5.41) is 0. The van der Waals surface area contributed by atoms with Crippen molar-refractivity contribution in [1.82, 2.24) is 14.9 Å². The predicted octanol–water partition coefficient (Wildman–Crippen LogP) is 2.10. The predicted molar refractivity (Wildman–Crippen MR) is 59.4 cm³/mol. The molecule has 0 spiro atoms. The molecule has 3 heteroatoms. The van der Waals surface area contributed by atoms with Gasteiger partial charge in [-0.2, -0.15) is 0 Å². The number of piperidine rings is 1. The van der Waals surface area contributed by atoms with Crippen LogP contribution >= 0.6 is 0 Å². The Morgan fingerprint density at radius 1 is 1.13 bits per heavy atom. The van der Waals surface area contributed by atoms with Crippen LogP contribution in [0.4, 0.5) is 0 Å². The molecule has 2 aliphatic rings. The molecular weight excluding hydrogens is 186 g/mol. The number of nitrogens with one attached hydrogen (secondary N) is 1. The molecule has 1 N–H and O–H groups in total. The van der Waals surface area contributed by atoms with E-state index in [2.05, 4.69) is 14.9 Å². The van der Waals surface area contributed by atoms with Crippen molar-refractivity contribution in [3.63, 3.8) is 0 Å². The maximum atomic E-state index is 4.05. The molecule has 1 aromatic heterocycles. The molecule has 0 bridgehead atoms. The first-order valence-electron chi connectivity index (χ1n) is 5.81. The lowest BCUT2D eigenvalue weighted by molar-refractivity contribution is 0.245. The Balaban J connectivity index is 1.56. The van der Waals surface area contributed by atoms with Gasteiger partial charge < -0.3 is 4.98 Å². The molecular formula is C12H17N3. The number of aromatic amines is 1. The van der Waals surface area contributed by atoms with E-state index in [1.54, 1.807) is 17.5 Å². The van der Waals surface area contributed by atoms with Gasteiger partial charge in [0.1, 0.15) is 0 Å². The normalized spacial score (nSPS) is 22.1. The van der Waals surface area contributed by atoms with E-state index in [0.717, 1.165) is 6.54 Å². The number of nitrogens with zero attached hydrogens (tertiary/aromatic N) is 2. The highest BCUT2D eigenvalue weighted by Gasteiger charge is 2.21. The highest BCUT2D eigenvalue weighted by Crippen LogP contribution is 2.36. The molecule has 0 atom stereocenters. The SMILES string of the molecule is c1ncc(CN2CCC(=C3CC3)CC2)[nH]1. The van der Waals surface area contributed by atoms with Gasteiger partial charge in [-0.3, -0.25) is 4.90 Å². The molecule has 0 amide bonds. The molecule has 15 heavy (non-hydrogen) atoms. The fraction of sp³-hybridized carbons (Fsp3) is 0.583. The lowest BCUT2D eigenvalue weighted by atomic mass is 10.0. The molecule has 2 heterocycles. The van der Waals surface area contributed by atoms with Crippen LogP contribution in [-0.2, 0) is 6.54 Å². The average Bonchev–Trinajstić information content (AvgIpc) is 2.99. The fourth-order valence-electron chi connectivity index (χ4n) is 2.36. The van der Waals surface area contributed by atoms with Crippen LogP contribution in [0.1, 0.15) is 31.4 Å². The van der Waals surface area contributed by atoms with Crippen LogP contribution in [0.25, 0.3) is 0 Å². The minimum absolute atomic E-state index is 1.03. The van der Waals surface area contributed by atoms with Crippen molar-refractivity contribution in [2.75, 3.05) is 13.1 Å². The third kappa shape index (κ3) is 2.12. The summed E-state index contributed by atoms with van der Waals surface area (Å²) in [6.07, 6.45) is 9.05. The maximum absolute atomic E-state index is 4.05. The summed E-state index contributed by atoms with van der Waals surface area (Å²) in [6.45, 7) is 3.47. The van der Waals surface area contributed by atoms with Gasteiger partial charge >= 0.3 is 0 Å². The van der Waals surface area contributed by atoms with Gasteiger partial charge in [-0.1, -0.05) is 11.1 Å². The van der Waals surface area contributed by atoms with Gasteiger partial charge in [0, 0.05) is 31.5 Å². The lowest BCUT2D eigenvalue weighted by Crippen LogP contribution is -2.30. The molecule has 80 valence electrons. The number of likely N-dealkylation sites (tertiary alicyclic amines) is 1. The van der Waals surface area contributed by atoms with E-state index in [1.807, 2.05) is 6.20 Å². The second kappa shape index (κ2) is 3.81. The zero-order valence-electron chi connectivity index (χ0n) is 9.00. The topological polar surface area (TPSA) is 31.9 Å². The van der Waals surface area contributed by atoms with E-state index in [-0.39, 0.29) is 0 Å². The van der Waals surface area contributed by atoms with E-state index in [4.69, 9.17) is 0 Å². The third-order valence-electron chi connectivity index (χ3n) is 3.41. The van der Waals surface area contributed by atoms with Crippen LogP contribution in [-0.4, -0.2) is 28.0 Å². The van der Waals surface area contributed by atoms with E-state index in [9.17, 15) is 0 Å². The van der Waals surface area contributed by atoms with Gasteiger partial charge in [-0.25, -0.2) is 4.98 Å². The zero-order chi connectivity index (χ0) is 10.1. The van der Waals surface area contributed by atoms with Crippen LogP contribution in [0.15, 0.2) is 23.7 Å². The summed E-state index contributed by atoms with van der Waals surface area (Å²) in [7, 11) is 0. The first-order chi connectivity index (χ1) is 7.42. The molecule has 3 rings (SSSR count). The van der Waals surface area contributed by atoms with Gasteiger partial charge in [0.25, 0.3) is 0 Å². The molecule has 1 aliphatic heterocycles. The third-order valence-corrected chi connectivity index (χ3v) is 3.41. The number of allylic oxidation sites excluding steroid dienone is 1. The molecule has 0 unspecified atom stereocenters. The average molecular weight is 203 g/mol. The van der Waals surface area contributed by atoms with Crippen molar-refractivity contribution in [3.05, 3.63) is 29.4 Å². The second-order valence-corrected chi connectivity index (χ2v) is 4.56. The molecule has 3 nitrogen and oxygen atoms in total. The van der Waals surface area contributed by atoms with Crippen molar-refractivity contribution < 1.29 is 0 Å². The number of rotatable bonds is 2. The molecule has 1 saturated heterocycles. The van der Waals surface area contributed by atoms with Crippen molar-refractivity contribution in [3.8, 4) is 0 Å². The van der Waals surface area contributed by atoms with Crippen molar-refractivity contribution >= 4 is 0 Å². The van der Waals surface area contributed by atoms with E-state index >= 15 is 0 Å². The Kier molecular flexibility index (Phi) is 2.33.